The van der Waals surface area contributed by atoms with Crippen LogP contribution in [0.4, 0.5) is 0 Å². The Morgan fingerprint density at radius 2 is 1.71 bits per heavy atom. The first kappa shape index (κ1) is 13.9. The zero-order valence-electron chi connectivity index (χ0n) is 9.88. The van der Waals surface area contributed by atoms with Crippen molar-refractivity contribution in [3.05, 3.63) is 0 Å². The van der Waals surface area contributed by atoms with E-state index >= 15 is 0 Å². The summed E-state index contributed by atoms with van der Waals surface area (Å²) in [4.78, 5) is 0. The minimum Gasteiger partial charge on any atom is -0.391 e. The van der Waals surface area contributed by atoms with Gasteiger partial charge < -0.3 is 14.6 Å². The summed E-state index contributed by atoms with van der Waals surface area (Å²) in [6, 6.07) is 0. The fourth-order valence-corrected chi connectivity index (χ4v) is 1.01. The standard InChI is InChI=1S/C11H24O3/c1-5-10(12)7-14-9-11(3,4)8-13-6-2/h10,12H,5-9H2,1-4H3. The van der Waals surface area contributed by atoms with Crippen molar-refractivity contribution in [2.24, 2.45) is 5.41 Å². The predicted octanol–water partition coefficient (Wildman–Crippen LogP) is 1.84. The molecule has 3 nitrogen and oxygen atoms in total. The number of ether oxygens (including phenoxy) is 2. The molecule has 0 saturated heterocycles. The molecule has 0 radical (unpaired) electrons. The van der Waals surface area contributed by atoms with E-state index in [2.05, 4.69) is 13.8 Å². The predicted molar refractivity (Wildman–Crippen MR) is 57.4 cm³/mol. The van der Waals surface area contributed by atoms with Crippen LogP contribution in [0.1, 0.15) is 34.1 Å². The number of hydrogen-bond acceptors (Lipinski definition) is 3. The Balaban J connectivity index is 3.54. The lowest BCUT2D eigenvalue weighted by Gasteiger charge is -2.24. The second kappa shape index (κ2) is 7.21. The van der Waals surface area contributed by atoms with Crippen molar-refractivity contribution in [3.63, 3.8) is 0 Å². The number of hydrogen-bond donors (Lipinski definition) is 1. The molecule has 0 rings (SSSR count). The molecule has 0 heterocycles. The van der Waals surface area contributed by atoms with Gasteiger partial charge in [0, 0.05) is 12.0 Å². The van der Waals surface area contributed by atoms with E-state index in [1.165, 1.54) is 0 Å². The third-order valence-electron chi connectivity index (χ3n) is 1.97. The summed E-state index contributed by atoms with van der Waals surface area (Å²) in [5, 5.41) is 9.27. The zero-order valence-corrected chi connectivity index (χ0v) is 9.88. The molecular formula is C11H24O3. The van der Waals surface area contributed by atoms with E-state index in [0.29, 0.717) is 19.8 Å². The fraction of sp³-hybridized carbons (Fsp3) is 1.00. The Labute approximate surface area is 87.4 Å². The summed E-state index contributed by atoms with van der Waals surface area (Å²) in [6.45, 7) is 10.6. The largest absolute Gasteiger partial charge is 0.391 e. The van der Waals surface area contributed by atoms with Gasteiger partial charge in [-0.3, -0.25) is 0 Å². The first-order chi connectivity index (χ1) is 6.52. The molecule has 0 fully saturated rings. The lowest BCUT2D eigenvalue weighted by atomic mass is 9.96. The fourth-order valence-electron chi connectivity index (χ4n) is 1.01. The molecule has 3 heteroatoms. The van der Waals surface area contributed by atoms with Crippen molar-refractivity contribution in [2.45, 2.75) is 40.2 Å². The van der Waals surface area contributed by atoms with Gasteiger partial charge in [-0.15, -0.1) is 0 Å². The van der Waals surface area contributed by atoms with Crippen molar-refractivity contribution < 1.29 is 14.6 Å². The van der Waals surface area contributed by atoms with E-state index in [1.54, 1.807) is 0 Å². The first-order valence-electron chi connectivity index (χ1n) is 5.35. The summed E-state index contributed by atoms with van der Waals surface area (Å²) < 4.78 is 10.8. The van der Waals surface area contributed by atoms with Gasteiger partial charge in [0.2, 0.25) is 0 Å². The molecule has 0 aromatic heterocycles. The molecule has 14 heavy (non-hydrogen) atoms. The molecule has 0 aromatic carbocycles. The maximum absolute atomic E-state index is 9.27. The highest BCUT2D eigenvalue weighted by Crippen LogP contribution is 2.15. The van der Waals surface area contributed by atoms with Crippen LogP contribution in [0, 0.1) is 5.41 Å². The van der Waals surface area contributed by atoms with Gasteiger partial charge in [-0.2, -0.15) is 0 Å². The van der Waals surface area contributed by atoms with Crippen LogP contribution in [0.2, 0.25) is 0 Å². The smallest absolute Gasteiger partial charge is 0.0771 e. The molecule has 1 N–H and O–H groups in total. The summed E-state index contributed by atoms with van der Waals surface area (Å²) in [5.41, 5.74) is 0.0312. The van der Waals surface area contributed by atoms with E-state index in [4.69, 9.17) is 9.47 Å². The molecule has 0 spiro atoms. The van der Waals surface area contributed by atoms with E-state index in [-0.39, 0.29) is 11.5 Å². The SMILES string of the molecule is CCOCC(C)(C)COCC(O)CC. The van der Waals surface area contributed by atoms with Gasteiger partial charge in [-0.05, 0) is 13.3 Å². The van der Waals surface area contributed by atoms with Crippen LogP contribution in [0.25, 0.3) is 0 Å². The summed E-state index contributed by atoms with van der Waals surface area (Å²) >= 11 is 0. The van der Waals surface area contributed by atoms with Crippen LogP contribution in [-0.4, -0.2) is 37.6 Å². The Bertz CT molecular complexity index is 134. The first-order valence-corrected chi connectivity index (χ1v) is 5.35. The number of aliphatic hydroxyl groups is 1. The topological polar surface area (TPSA) is 38.7 Å². The Hall–Kier alpha value is -0.120. The van der Waals surface area contributed by atoms with Crippen molar-refractivity contribution in [2.75, 3.05) is 26.4 Å². The third-order valence-corrected chi connectivity index (χ3v) is 1.97. The van der Waals surface area contributed by atoms with Gasteiger partial charge in [0.05, 0.1) is 25.9 Å². The second-order valence-corrected chi connectivity index (χ2v) is 4.38. The minimum absolute atomic E-state index is 0.0312. The third kappa shape index (κ3) is 7.30. The number of rotatable bonds is 8. The van der Waals surface area contributed by atoms with E-state index in [1.807, 2.05) is 13.8 Å². The Kier molecular flexibility index (Phi) is 7.15. The van der Waals surface area contributed by atoms with E-state index in [9.17, 15) is 5.11 Å². The van der Waals surface area contributed by atoms with E-state index in [0.717, 1.165) is 13.0 Å². The van der Waals surface area contributed by atoms with Crippen LogP contribution in [-0.2, 0) is 9.47 Å². The highest BCUT2D eigenvalue weighted by Gasteiger charge is 2.18. The van der Waals surface area contributed by atoms with Gasteiger partial charge in [-0.1, -0.05) is 20.8 Å². The average molecular weight is 204 g/mol. The zero-order chi connectivity index (χ0) is 11.0. The second-order valence-electron chi connectivity index (χ2n) is 4.38. The molecule has 0 aromatic rings. The van der Waals surface area contributed by atoms with Crippen LogP contribution in [0.5, 0.6) is 0 Å². The van der Waals surface area contributed by atoms with Crippen molar-refractivity contribution in [1.82, 2.24) is 0 Å². The van der Waals surface area contributed by atoms with Crippen LogP contribution in [0.3, 0.4) is 0 Å². The molecule has 0 bridgehead atoms. The molecule has 0 aliphatic heterocycles. The molecular weight excluding hydrogens is 180 g/mol. The molecule has 0 amide bonds. The molecule has 1 atom stereocenters. The van der Waals surface area contributed by atoms with Crippen LogP contribution in [0.15, 0.2) is 0 Å². The van der Waals surface area contributed by atoms with Gasteiger partial charge >= 0.3 is 0 Å². The molecule has 86 valence electrons. The molecule has 0 saturated carbocycles. The molecule has 0 aliphatic carbocycles. The van der Waals surface area contributed by atoms with Crippen molar-refractivity contribution in [1.29, 1.82) is 0 Å². The van der Waals surface area contributed by atoms with Gasteiger partial charge in [0.1, 0.15) is 0 Å². The summed E-state index contributed by atoms with van der Waals surface area (Å²) in [6.07, 6.45) is 0.407. The van der Waals surface area contributed by atoms with Crippen molar-refractivity contribution >= 4 is 0 Å². The lowest BCUT2D eigenvalue weighted by Crippen LogP contribution is -2.27. The quantitative estimate of drug-likeness (QED) is 0.655. The Morgan fingerprint density at radius 1 is 1.14 bits per heavy atom. The maximum Gasteiger partial charge on any atom is 0.0771 e. The van der Waals surface area contributed by atoms with Crippen LogP contribution < -0.4 is 0 Å². The summed E-state index contributed by atoms with van der Waals surface area (Å²) in [7, 11) is 0. The Morgan fingerprint density at radius 3 is 2.21 bits per heavy atom. The number of aliphatic hydroxyl groups excluding tert-OH is 1. The minimum atomic E-state index is -0.335. The highest BCUT2D eigenvalue weighted by atomic mass is 16.5. The normalized spacial score (nSPS) is 14.4. The van der Waals surface area contributed by atoms with Crippen molar-refractivity contribution in [3.8, 4) is 0 Å². The maximum atomic E-state index is 9.27. The summed E-state index contributed by atoms with van der Waals surface area (Å²) in [5.74, 6) is 0. The molecule has 1 unspecified atom stereocenters. The lowest BCUT2D eigenvalue weighted by molar-refractivity contribution is -0.0288. The highest BCUT2D eigenvalue weighted by molar-refractivity contribution is 4.67. The van der Waals surface area contributed by atoms with Gasteiger partial charge in [-0.25, -0.2) is 0 Å². The van der Waals surface area contributed by atoms with Crippen LogP contribution >= 0.6 is 0 Å². The van der Waals surface area contributed by atoms with Gasteiger partial charge in [0.25, 0.3) is 0 Å². The van der Waals surface area contributed by atoms with Gasteiger partial charge in [0.15, 0.2) is 0 Å². The molecule has 0 aliphatic rings. The average Bonchev–Trinajstić information content (AvgIpc) is 2.14. The monoisotopic (exact) mass is 204 g/mol. The van der Waals surface area contributed by atoms with E-state index < -0.39 is 0 Å².